The summed E-state index contributed by atoms with van der Waals surface area (Å²) in [6.45, 7) is 2.27. The molecule has 94 valence electrons. The molecule has 1 N–H and O–H groups in total. The van der Waals surface area contributed by atoms with Crippen LogP contribution in [0.1, 0.15) is 36.1 Å². The van der Waals surface area contributed by atoms with Crippen LogP contribution in [-0.2, 0) is 12.8 Å². The molecule has 0 bridgehead atoms. The maximum Gasteiger partial charge on any atom is 0.0302 e. The highest BCUT2D eigenvalue weighted by molar-refractivity contribution is 7.07. The topological polar surface area (TPSA) is 12.0 Å². The molecule has 0 amide bonds. The Hall–Kier alpha value is -1.12. The summed E-state index contributed by atoms with van der Waals surface area (Å²) >= 11 is 1.78. The third-order valence-electron chi connectivity index (χ3n) is 3.88. The Labute approximate surface area is 113 Å². The van der Waals surface area contributed by atoms with Gasteiger partial charge in [-0.15, -0.1) is 0 Å². The smallest absolute Gasteiger partial charge is 0.0302 e. The minimum Gasteiger partial charge on any atom is -0.307 e. The van der Waals surface area contributed by atoms with Crippen molar-refractivity contribution in [1.29, 1.82) is 0 Å². The Morgan fingerprint density at radius 2 is 2.06 bits per heavy atom. The number of benzene rings is 1. The van der Waals surface area contributed by atoms with Crippen LogP contribution in [0.15, 0.2) is 41.1 Å². The van der Waals surface area contributed by atoms with Crippen molar-refractivity contribution >= 4 is 11.3 Å². The van der Waals surface area contributed by atoms with Crippen molar-refractivity contribution < 1.29 is 0 Å². The van der Waals surface area contributed by atoms with Gasteiger partial charge in [0.15, 0.2) is 0 Å². The molecule has 1 aliphatic carbocycles. The summed E-state index contributed by atoms with van der Waals surface area (Å²) in [7, 11) is 0. The lowest BCUT2D eigenvalue weighted by Gasteiger charge is -2.28. The maximum absolute atomic E-state index is 3.77. The maximum atomic E-state index is 3.77. The molecule has 0 spiro atoms. The predicted octanol–water partition coefficient (Wildman–Crippen LogP) is 3.96. The average molecular weight is 257 g/mol. The first-order chi connectivity index (χ1) is 8.83. The predicted molar refractivity (Wildman–Crippen MR) is 78.1 cm³/mol. The Morgan fingerprint density at radius 3 is 2.83 bits per heavy atom. The van der Waals surface area contributed by atoms with Crippen molar-refractivity contribution in [2.24, 2.45) is 0 Å². The number of hydrogen-bond donors (Lipinski definition) is 1. The molecule has 1 nitrogen and oxygen atoms in total. The van der Waals surface area contributed by atoms with E-state index in [0.717, 1.165) is 0 Å². The van der Waals surface area contributed by atoms with Crippen LogP contribution in [0.4, 0.5) is 0 Å². The fourth-order valence-electron chi connectivity index (χ4n) is 2.81. The standard InChI is InChI=1S/C16H19NS/c1-12(15-8-9-18-11-15)17-16-7-6-13-4-2-3-5-14(13)10-16/h2-5,8-9,11-12,16-17H,6-7,10H2,1H3. The summed E-state index contributed by atoms with van der Waals surface area (Å²) in [4.78, 5) is 0. The molecule has 1 heterocycles. The molecule has 2 unspecified atom stereocenters. The molecule has 2 atom stereocenters. The van der Waals surface area contributed by atoms with Gasteiger partial charge >= 0.3 is 0 Å². The molecule has 2 aromatic rings. The molecular weight excluding hydrogens is 238 g/mol. The third-order valence-corrected chi connectivity index (χ3v) is 4.58. The quantitative estimate of drug-likeness (QED) is 0.877. The summed E-state index contributed by atoms with van der Waals surface area (Å²) in [5.41, 5.74) is 4.48. The highest BCUT2D eigenvalue weighted by Crippen LogP contribution is 2.24. The molecule has 0 fully saturated rings. The second-order valence-corrected chi connectivity index (χ2v) is 5.93. The van der Waals surface area contributed by atoms with E-state index in [0.29, 0.717) is 12.1 Å². The van der Waals surface area contributed by atoms with Gasteiger partial charge in [0.2, 0.25) is 0 Å². The number of aryl methyl sites for hydroxylation is 1. The second-order valence-electron chi connectivity index (χ2n) is 5.15. The van der Waals surface area contributed by atoms with Crippen molar-refractivity contribution in [3.8, 4) is 0 Å². The van der Waals surface area contributed by atoms with Crippen molar-refractivity contribution in [3.05, 3.63) is 57.8 Å². The van der Waals surface area contributed by atoms with E-state index in [1.54, 1.807) is 16.9 Å². The highest BCUT2D eigenvalue weighted by atomic mass is 32.1. The zero-order chi connectivity index (χ0) is 12.4. The number of nitrogens with one attached hydrogen (secondary N) is 1. The zero-order valence-corrected chi connectivity index (χ0v) is 11.5. The molecule has 1 aromatic carbocycles. The van der Waals surface area contributed by atoms with Gasteiger partial charge in [0.25, 0.3) is 0 Å². The fourth-order valence-corrected chi connectivity index (χ4v) is 3.57. The first-order valence-electron chi connectivity index (χ1n) is 6.68. The number of thiophene rings is 1. The SMILES string of the molecule is CC(NC1CCc2ccccc2C1)c1ccsc1. The largest absolute Gasteiger partial charge is 0.307 e. The minimum absolute atomic E-state index is 0.464. The Balaban J connectivity index is 1.66. The van der Waals surface area contributed by atoms with E-state index in [1.807, 2.05) is 0 Å². The summed E-state index contributed by atoms with van der Waals surface area (Å²) in [5, 5.41) is 8.17. The normalized spacial score (nSPS) is 20.4. The van der Waals surface area contributed by atoms with E-state index < -0.39 is 0 Å². The van der Waals surface area contributed by atoms with Gasteiger partial charge in [-0.25, -0.2) is 0 Å². The van der Waals surface area contributed by atoms with Crippen LogP contribution < -0.4 is 5.32 Å². The monoisotopic (exact) mass is 257 g/mol. The Kier molecular flexibility index (Phi) is 3.48. The van der Waals surface area contributed by atoms with E-state index in [4.69, 9.17) is 0 Å². The van der Waals surface area contributed by atoms with E-state index in [-0.39, 0.29) is 0 Å². The third kappa shape index (κ3) is 2.50. The fraction of sp³-hybridized carbons (Fsp3) is 0.375. The molecule has 0 radical (unpaired) electrons. The first kappa shape index (κ1) is 11.9. The van der Waals surface area contributed by atoms with Crippen LogP contribution in [-0.4, -0.2) is 6.04 Å². The first-order valence-corrected chi connectivity index (χ1v) is 7.62. The molecule has 0 aliphatic heterocycles. The van der Waals surface area contributed by atoms with Gasteiger partial charge in [0.1, 0.15) is 0 Å². The van der Waals surface area contributed by atoms with Crippen molar-refractivity contribution in [2.75, 3.05) is 0 Å². The lowest BCUT2D eigenvalue weighted by atomic mass is 9.88. The van der Waals surface area contributed by atoms with Crippen molar-refractivity contribution in [3.63, 3.8) is 0 Å². The van der Waals surface area contributed by atoms with E-state index in [2.05, 4.69) is 53.3 Å². The summed E-state index contributed by atoms with van der Waals surface area (Å²) in [6, 6.07) is 12.2. The molecular formula is C16H19NS. The molecule has 3 rings (SSSR count). The molecule has 0 saturated carbocycles. The van der Waals surface area contributed by atoms with Gasteiger partial charge in [-0.05, 0) is 59.7 Å². The molecule has 2 heteroatoms. The van der Waals surface area contributed by atoms with E-state index >= 15 is 0 Å². The molecule has 0 saturated heterocycles. The van der Waals surface area contributed by atoms with Crippen molar-refractivity contribution in [2.45, 2.75) is 38.3 Å². The number of fused-ring (bicyclic) bond motifs is 1. The van der Waals surface area contributed by atoms with E-state index in [1.165, 1.54) is 30.4 Å². The van der Waals surface area contributed by atoms with Crippen LogP contribution in [0.5, 0.6) is 0 Å². The van der Waals surface area contributed by atoms with Crippen LogP contribution >= 0.6 is 11.3 Å². The number of hydrogen-bond acceptors (Lipinski definition) is 2. The summed E-state index contributed by atoms with van der Waals surface area (Å²) < 4.78 is 0. The Morgan fingerprint density at radius 1 is 1.22 bits per heavy atom. The number of rotatable bonds is 3. The molecule has 18 heavy (non-hydrogen) atoms. The van der Waals surface area contributed by atoms with Crippen LogP contribution in [0.3, 0.4) is 0 Å². The second kappa shape index (κ2) is 5.25. The van der Waals surface area contributed by atoms with Gasteiger partial charge in [-0.1, -0.05) is 24.3 Å². The highest BCUT2D eigenvalue weighted by Gasteiger charge is 2.19. The van der Waals surface area contributed by atoms with Gasteiger partial charge in [0.05, 0.1) is 0 Å². The summed E-state index contributed by atoms with van der Waals surface area (Å²) in [5.74, 6) is 0. The van der Waals surface area contributed by atoms with Gasteiger partial charge < -0.3 is 5.32 Å². The van der Waals surface area contributed by atoms with Crippen molar-refractivity contribution in [1.82, 2.24) is 5.32 Å². The van der Waals surface area contributed by atoms with Gasteiger partial charge in [-0.2, -0.15) is 11.3 Å². The molecule has 1 aliphatic rings. The lowest BCUT2D eigenvalue weighted by Crippen LogP contribution is -2.36. The Bertz CT molecular complexity index is 504. The van der Waals surface area contributed by atoms with Gasteiger partial charge in [0, 0.05) is 12.1 Å². The lowest BCUT2D eigenvalue weighted by molar-refractivity contribution is 0.414. The van der Waals surface area contributed by atoms with E-state index in [9.17, 15) is 0 Å². The summed E-state index contributed by atoms with van der Waals surface area (Å²) in [6.07, 6.45) is 3.64. The molecule has 1 aromatic heterocycles. The van der Waals surface area contributed by atoms with Crippen LogP contribution in [0.25, 0.3) is 0 Å². The van der Waals surface area contributed by atoms with Gasteiger partial charge in [-0.3, -0.25) is 0 Å². The zero-order valence-electron chi connectivity index (χ0n) is 10.7. The van der Waals surface area contributed by atoms with Crippen LogP contribution in [0.2, 0.25) is 0 Å². The average Bonchev–Trinajstić information content (AvgIpc) is 2.92. The van der Waals surface area contributed by atoms with Crippen LogP contribution in [0, 0.1) is 0 Å². The minimum atomic E-state index is 0.464.